The molecule has 7 heteroatoms. The van der Waals surface area contributed by atoms with E-state index in [9.17, 15) is 14.4 Å². The fourth-order valence-corrected chi connectivity index (χ4v) is 3.70. The van der Waals surface area contributed by atoms with Crippen LogP contribution in [0.4, 0.5) is 0 Å². The number of nitrogens with one attached hydrogen (secondary N) is 1. The summed E-state index contributed by atoms with van der Waals surface area (Å²) in [5.41, 5.74) is 6.70. The van der Waals surface area contributed by atoms with Crippen LogP contribution in [0, 0.1) is 5.92 Å². The van der Waals surface area contributed by atoms with Gasteiger partial charge in [0.15, 0.2) is 5.78 Å². The molecular weight excluding hydrogens is 420 g/mol. The van der Waals surface area contributed by atoms with Gasteiger partial charge in [0.05, 0.1) is 25.8 Å². The normalized spacial score (nSPS) is 19.8. The van der Waals surface area contributed by atoms with E-state index in [-0.39, 0.29) is 23.9 Å². The van der Waals surface area contributed by atoms with Gasteiger partial charge in [-0.1, -0.05) is 42.5 Å². The third-order valence-electron chi connectivity index (χ3n) is 5.98. The molecule has 1 heterocycles. The predicted molar refractivity (Wildman–Crippen MR) is 125 cm³/mol. The van der Waals surface area contributed by atoms with Gasteiger partial charge in [0.25, 0.3) is 0 Å². The van der Waals surface area contributed by atoms with Crippen LogP contribution in [0.1, 0.15) is 31.4 Å². The average Bonchev–Trinajstić information content (AvgIpc) is 3.57. The molecular formula is C26H32N2O5. The van der Waals surface area contributed by atoms with Crippen LogP contribution in [-0.2, 0) is 32.0 Å². The van der Waals surface area contributed by atoms with Crippen LogP contribution in [0.25, 0.3) is 0 Å². The molecule has 1 amide bonds. The summed E-state index contributed by atoms with van der Waals surface area (Å²) in [4.78, 5) is 38.9. The Bertz CT molecular complexity index is 968. The van der Waals surface area contributed by atoms with E-state index in [0.717, 1.165) is 11.1 Å². The van der Waals surface area contributed by atoms with Gasteiger partial charge in [-0.05, 0) is 49.9 Å². The Labute approximate surface area is 194 Å². The molecule has 0 aliphatic carbocycles. The molecule has 0 spiro atoms. The summed E-state index contributed by atoms with van der Waals surface area (Å²) in [6.07, 6.45) is 0.685. The lowest BCUT2D eigenvalue weighted by Gasteiger charge is -2.24. The lowest BCUT2D eigenvalue weighted by Crippen LogP contribution is -2.50. The Morgan fingerprint density at radius 1 is 1.06 bits per heavy atom. The fraction of sp³-hybridized carbons (Fsp3) is 0.423. The zero-order valence-electron chi connectivity index (χ0n) is 19.4. The van der Waals surface area contributed by atoms with Gasteiger partial charge in [-0.3, -0.25) is 14.4 Å². The molecule has 1 fully saturated rings. The number of rotatable bonds is 12. The smallest absolute Gasteiger partial charge is 0.224 e. The van der Waals surface area contributed by atoms with Crippen LogP contribution < -0.4 is 15.8 Å². The second-order valence-electron chi connectivity index (χ2n) is 8.84. The van der Waals surface area contributed by atoms with Gasteiger partial charge in [-0.15, -0.1) is 0 Å². The number of methoxy groups -OCH3 is 1. The molecule has 1 aliphatic heterocycles. The highest BCUT2D eigenvalue weighted by Crippen LogP contribution is 2.29. The molecule has 0 saturated carbocycles. The fourth-order valence-electron chi connectivity index (χ4n) is 3.70. The van der Waals surface area contributed by atoms with Gasteiger partial charge in [0, 0.05) is 12.3 Å². The first-order valence-corrected chi connectivity index (χ1v) is 11.2. The zero-order valence-corrected chi connectivity index (χ0v) is 19.4. The Hall–Kier alpha value is -3.03. The molecule has 2 aromatic rings. The molecule has 2 aromatic carbocycles. The number of benzene rings is 2. The van der Waals surface area contributed by atoms with Crippen molar-refractivity contribution in [1.29, 1.82) is 0 Å². The van der Waals surface area contributed by atoms with Gasteiger partial charge in [-0.25, -0.2) is 0 Å². The molecule has 3 rings (SSSR count). The van der Waals surface area contributed by atoms with E-state index in [0.29, 0.717) is 25.2 Å². The summed E-state index contributed by atoms with van der Waals surface area (Å²) in [6.45, 7) is 3.68. The maximum Gasteiger partial charge on any atom is 0.224 e. The van der Waals surface area contributed by atoms with Crippen LogP contribution in [0.2, 0.25) is 0 Å². The van der Waals surface area contributed by atoms with E-state index < -0.39 is 23.6 Å². The number of hydrogen-bond acceptors (Lipinski definition) is 6. The summed E-state index contributed by atoms with van der Waals surface area (Å²) >= 11 is 0. The van der Waals surface area contributed by atoms with Crippen LogP contribution in [-0.4, -0.2) is 48.9 Å². The Morgan fingerprint density at radius 3 is 2.21 bits per heavy atom. The van der Waals surface area contributed by atoms with Crippen molar-refractivity contribution in [3.8, 4) is 5.75 Å². The van der Waals surface area contributed by atoms with E-state index in [4.69, 9.17) is 15.2 Å². The van der Waals surface area contributed by atoms with Crippen molar-refractivity contribution in [3.63, 3.8) is 0 Å². The topological polar surface area (TPSA) is 111 Å². The lowest BCUT2D eigenvalue weighted by molar-refractivity contribution is -0.133. The molecule has 7 nitrogen and oxygen atoms in total. The summed E-state index contributed by atoms with van der Waals surface area (Å²) in [5, 5.41) is 2.91. The molecule has 0 radical (unpaired) electrons. The Balaban J connectivity index is 1.79. The molecule has 0 bridgehead atoms. The lowest BCUT2D eigenvalue weighted by atomic mass is 9.90. The minimum Gasteiger partial charge on any atom is -0.497 e. The number of carbonyl (C=O) groups excluding carboxylic acids is 3. The maximum absolute atomic E-state index is 13.4. The van der Waals surface area contributed by atoms with Gasteiger partial charge in [-0.2, -0.15) is 0 Å². The summed E-state index contributed by atoms with van der Waals surface area (Å²) in [7, 11) is 1.58. The number of ketones is 2. The molecule has 3 N–H and O–H groups in total. The zero-order chi connectivity index (χ0) is 24.0. The van der Waals surface area contributed by atoms with Crippen molar-refractivity contribution in [2.24, 2.45) is 11.7 Å². The standard InChI is InChI=1S/C26H32N2O5/c1-17(27)23(29)15-20(13-19-9-11-21(32-3)12-10-19)25(31)28-22(24(30)26(2)16-33-26)14-18-7-5-4-6-8-18/h4-12,17,20,22H,13-16,27H2,1-3H3,(H,28,31)/t17-,20+,22-,26+/m0/s1. The number of carbonyl (C=O) groups is 3. The SMILES string of the molecule is COc1ccc(C[C@H](CC(=O)[C@H](C)N)C(=O)N[C@@H](Cc2ccccc2)C(=O)[C@@]2(C)CO2)cc1. The molecule has 1 aliphatic rings. The molecule has 4 atom stereocenters. The number of nitrogens with two attached hydrogens (primary N) is 1. The highest BCUT2D eigenvalue weighted by Gasteiger charge is 2.50. The van der Waals surface area contributed by atoms with Crippen LogP contribution in [0.3, 0.4) is 0 Å². The first-order valence-electron chi connectivity index (χ1n) is 11.2. The second-order valence-corrected chi connectivity index (χ2v) is 8.84. The van der Waals surface area contributed by atoms with E-state index in [1.165, 1.54) is 0 Å². The Kier molecular flexibility index (Phi) is 8.00. The molecule has 176 valence electrons. The van der Waals surface area contributed by atoms with Gasteiger partial charge < -0.3 is 20.5 Å². The van der Waals surface area contributed by atoms with E-state index in [1.54, 1.807) is 21.0 Å². The first-order chi connectivity index (χ1) is 15.7. The molecule has 0 aromatic heterocycles. The molecule has 33 heavy (non-hydrogen) atoms. The summed E-state index contributed by atoms with van der Waals surface area (Å²) < 4.78 is 10.5. The minimum absolute atomic E-state index is 0.00442. The van der Waals surface area contributed by atoms with Crippen LogP contribution in [0.5, 0.6) is 5.75 Å². The van der Waals surface area contributed by atoms with Crippen molar-refractivity contribution in [2.45, 2.75) is 50.8 Å². The summed E-state index contributed by atoms with van der Waals surface area (Å²) in [5.74, 6) is -0.666. The number of Topliss-reactive ketones (excluding diaryl/α,β-unsaturated/α-hetero) is 2. The van der Waals surface area contributed by atoms with Crippen LogP contribution >= 0.6 is 0 Å². The van der Waals surface area contributed by atoms with Crippen LogP contribution in [0.15, 0.2) is 54.6 Å². The monoisotopic (exact) mass is 452 g/mol. The van der Waals surface area contributed by atoms with Gasteiger partial charge >= 0.3 is 0 Å². The van der Waals surface area contributed by atoms with Crippen molar-refractivity contribution in [3.05, 3.63) is 65.7 Å². The number of epoxide rings is 1. The quantitative estimate of drug-likeness (QED) is 0.478. The van der Waals surface area contributed by atoms with Gasteiger partial charge in [0.1, 0.15) is 17.1 Å². The van der Waals surface area contributed by atoms with Crippen molar-refractivity contribution >= 4 is 17.5 Å². The highest BCUT2D eigenvalue weighted by molar-refractivity contribution is 5.97. The highest BCUT2D eigenvalue weighted by atomic mass is 16.6. The Morgan fingerprint density at radius 2 is 1.67 bits per heavy atom. The first kappa shape index (κ1) is 24.6. The van der Waals surface area contributed by atoms with Crippen molar-refractivity contribution < 1.29 is 23.9 Å². The second kappa shape index (κ2) is 10.7. The van der Waals surface area contributed by atoms with E-state index in [1.807, 2.05) is 54.6 Å². The van der Waals surface area contributed by atoms with Crippen molar-refractivity contribution in [1.82, 2.24) is 5.32 Å². The molecule has 0 unspecified atom stereocenters. The van der Waals surface area contributed by atoms with Gasteiger partial charge in [0.2, 0.25) is 5.91 Å². The predicted octanol–water partition coefficient (Wildman–Crippen LogP) is 2.25. The largest absolute Gasteiger partial charge is 0.497 e. The third kappa shape index (κ3) is 6.73. The summed E-state index contributed by atoms with van der Waals surface area (Å²) in [6, 6.07) is 15.4. The average molecular weight is 453 g/mol. The number of amides is 1. The number of hydrogen-bond donors (Lipinski definition) is 2. The van der Waals surface area contributed by atoms with E-state index >= 15 is 0 Å². The minimum atomic E-state index is -0.875. The maximum atomic E-state index is 13.4. The van der Waals surface area contributed by atoms with Crippen molar-refractivity contribution in [2.75, 3.05) is 13.7 Å². The third-order valence-corrected chi connectivity index (χ3v) is 5.98. The molecule has 1 saturated heterocycles. The number of ether oxygens (including phenoxy) is 2. The van der Waals surface area contributed by atoms with E-state index in [2.05, 4.69) is 5.32 Å².